The van der Waals surface area contributed by atoms with Crippen molar-refractivity contribution >= 4 is 46.9 Å². The van der Waals surface area contributed by atoms with Crippen molar-refractivity contribution < 1.29 is 14.3 Å². The number of anilines is 1. The predicted molar refractivity (Wildman–Crippen MR) is 127 cm³/mol. The molecule has 32 heavy (non-hydrogen) atoms. The summed E-state index contributed by atoms with van der Waals surface area (Å²) < 4.78 is 5.73. The molecule has 0 aromatic heterocycles. The van der Waals surface area contributed by atoms with Crippen molar-refractivity contribution in [2.75, 3.05) is 5.32 Å². The molecule has 3 aromatic carbocycles. The number of amides is 2. The fourth-order valence-corrected chi connectivity index (χ4v) is 3.18. The van der Waals surface area contributed by atoms with Crippen LogP contribution in [0, 0.1) is 6.92 Å². The van der Waals surface area contributed by atoms with Crippen LogP contribution in [0.1, 0.15) is 23.1 Å². The summed E-state index contributed by atoms with van der Waals surface area (Å²) in [5.74, 6) is -0.258. The minimum Gasteiger partial charge on any atom is -0.489 e. The van der Waals surface area contributed by atoms with Crippen molar-refractivity contribution in [1.82, 2.24) is 5.43 Å². The molecular formula is C24H21Cl2N3O3. The SMILES string of the molecule is Cc1ccccc1NC(=O)CC(=O)NN=Cc1ccc(OCc2ccc(Cl)cc2Cl)cc1. The van der Waals surface area contributed by atoms with E-state index in [9.17, 15) is 9.59 Å². The highest BCUT2D eigenvalue weighted by Gasteiger charge is 2.10. The summed E-state index contributed by atoms with van der Waals surface area (Å²) in [6.45, 7) is 2.19. The molecule has 0 aliphatic carbocycles. The molecule has 6 nitrogen and oxygen atoms in total. The summed E-state index contributed by atoms with van der Waals surface area (Å²) in [6, 6.07) is 19.7. The molecule has 2 N–H and O–H groups in total. The van der Waals surface area contributed by atoms with Gasteiger partial charge in [-0.3, -0.25) is 9.59 Å². The van der Waals surface area contributed by atoms with E-state index in [0.29, 0.717) is 28.1 Å². The molecule has 3 aromatic rings. The van der Waals surface area contributed by atoms with E-state index in [1.54, 1.807) is 42.5 Å². The first-order chi connectivity index (χ1) is 15.4. The van der Waals surface area contributed by atoms with Gasteiger partial charge in [0, 0.05) is 21.3 Å². The molecule has 0 saturated carbocycles. The molecule has 0 radical (unpaired) electrons. The van der Waals surface area contributed by atoms with E-state index in [4.69, 9.17) is 27.9 Å². The summed E-state index contributed by atoms with van der Waals surface area (Å²) in [6.07, 6.45) is 1.16. The quantitative estimate of drug-likeness (QED) is 0.264. The van der Waals surface area contributed by atoms with Gasteiger partial charge in [-0.25, -0.2) is 5.43 Å². The van der Waals surface area contributed by atoms with Crippen molar-refractivity contribution in [2.45, 2.75) is 20.0 Å². The molecule has 0 bridgehead atoms. The summed E-state index contributed by atoms with van der Waals surface area (Å²) in [5.41, 5.74) is 5.53. The van der Waals surface area contributed by atoms with Gasteiger partial charge in [0.15, 0.2) is 0 Å². The molecule has 164 valence electrons. The van der Waals surface area contributed by atoms with Gasteiger partial charge in [0.25, 0.3) is 0 Å². The van der Waals surface area contributed by atoms with E-state index in [0.717, 1.165) is 16.7 Å². The van der Waals surface area contributed by atoms with Crippen molar-refractivity contribution in [2.24, 2.45) is 5.10 Å². The first-order valence-electron chi connectivity index (χ1n) is 9.75. The lowest BCUT2D eigenvalue weighted by molar-refractivity contribution is -0.126. The molecule has 0 spiro atoms. The van der Waals surface area contributed by atoms with Crippen LogP contribution >= 0.6 is 23.2 Å². The number of benzene rings is 3. The van der Waals surface area contributed by atoms with Crippen LogP contribution in [0.5, 0.6) is 5.75 Å². The number of ether oxygens (including phenoxy) is 1. The summed E-state index contributed by atoms with van der Waals surface area (Å²) in [7, 11) is 0. The normalized spacial score (nSPS) is 10.7. The Morgan fingerprint density at radius 1 is 1.00 bits per heavy atom. The molecular weight excluding hydrogens is 449 g/mol. The van der Waals surface area contributed by atoms with Crippen molar-refractivity contribution in [3.8, 4) is 5.75 Å². The minimum absolute atomic E-state index is 0.310. The van der Waals surface area contributed by atoms with Crippen molar-refractivity contribution in [3.05, 3.63) is 93.5 Å². The van der Waals surface area contributed by atoms with Gasteiger partial charge >= 0.3 is 0 Å². The minimum atomic E-state index is -0.507. The Kier molecular flexibility index (Phi) is 8.25. The Hall–Kier alpha value is -3.35. The molecule has 0 fully saturated rings. The van der Waals surface area contributed by atoms with Crippen molar-refractivity contribution in [3.63, 3.8) is 0 Å². The second-order valence-corrected chi connectivity index (χ2v) is 7.77. The second kappa shape index (κ2) is 11.3. The van der Waals surface area contributed by atoms with Crippen LogP contribution in [-0.2, 0) is 16.2 Å². The number of rotatable bonds is 8. The van der Waals surface area contributed by atoms with Gasteiger partial charge in [0.05, 0.1) is 6.21 Å². The standard InChI is InChI=1S/C24H21Cl2N3O3/c1-16-4-2-3-5-22(16)28-23(30)13-24(31)29-27-14-17-6-10-20(11-7-17)32-15-18-8-9-19(25)12-21(18)26/h2-12,14H,13,15H2,1H3,(H,28,30)(H,29,31). The number of carbonyl (C=O) groups excluding carboxylic acids is 2. The highest BCUT2D eigenvalue weighted by Crippen LogP contribution is 2.22. The van der Waals surface area contributed by atoms with Gasteiger partial charge in [0.1, 0.15) is 18.8 Å². The van der Waals surface area contributed by atoms with Crippen LogP contribution in [0.2, 0.25) is 10.0 Å². The fourth-order valence-electron chi connectivity index (χ4n) is 2.72. The molecule has 0 unspecified atom stereocenters. The number of para-hydroxylation sites is 1. The summed E-state index contributed by atoms with van der Waals surface area (Å²) in [5, 5.41) is 7.71. The number of carbonyl (C=O) groups is 2. The molecule has 0 saturated heterocycles. The lowest BCUT2D eigenvalue weighted by Crippen LogP contribution is -2.24. The number of hydrogen-bond acceptors (Lipinski definition) is 4. The third-order valence-corrected chi connectivity index (χ3v) is 5.02. The fraction of sp³-hybridized carbons (Fsp3) is 0.125. The highest BCUT2D eigenvalue weighted by molar-refractivity contribution is 6.35. The number of aryl methyl sites for hydroxylation is 1. The molecule has 8 heteroatoms. The largest absolute Gasteiger partial charge is 0.489 e. The Morgan fingerprint density at radius 3 is 2.47 bits per heavy atom. The molecule has 0 aliphatic heterocycles. The zero-order valence-corrected chi connectivity index (χ0v) is 18.8. The van der Waals surface area contributed by atoms with E-state index >= 15 is 0 Å². The number of hydrogen-bond donors (Lipinski definition) is 2. The van der Waals surface area contributed by atoms with Crippen LogP contribution in [-0.4, -0.2) is 18.0 Å². The Bertz CT molecular complexity index is 1130. The lowest BCUT2D eigenvalue weighted by Gasteiger charge is -2.08. The molecule has 0 heterocycles. The van der Waals surface area contributed by atoms with Gasteiger partial charge in [0.2, 0.25) is 11.8 Å². The Balaban J connectivity index is 1.44. The topological polar surface area (TPSA) is 79.8 Å². The van der Waals surface area contributed by atoms with E-state index in [-0.39, 0.29) is 6.42 Å². The first kappa shape index (κ1) is 23.3. The maximum absolute atomic E-state index is 12.0. The Morgan fingerprint density at radius 2 is 1.75 bits per heavy atom. The summed E-state index contributed by atoms with van der Waals surface area (Å²) in [4.78, 5) is 23.9. The van der Waals surface area contributed by atoms with Gasteiger partial charge in [-0.2, -0.15) is 5.10 Å². The smallest absolute Gasteiger partial charge is 0.249 e. The van der Waals surface area contributed by atoms with Gasteiger partial charge in [-0.1, -0.05) is 47.5 Å². The average molecular weight is 470 g/mol. The van der Waals surface area contributed by atoms with Crippen LogP contribution < -0.4 is 15.5 Å². The predicted octanol–water partition coefficient (Wildman–Crippen LogP) is 5.36. The summed E-state index contributed by atoms with van der Waals surface area (Å²) >= 11 is 12.0. The van der Waals surface area contributed by atoms with Crippen LogP contribution in [0.15, 0.2) is 71.8 Å². The van der Waals surface area contributed by atoms with Gasteiger partial charge in [-0.05, 0) is 60.5 Å². The third-order valence-electron chi connectivity index (χ3n) is 4.43. The van der Waals surface area contributed by atoms with Crippen LogP contribution in [0.25, 0.3) is 0 Å². The average Bonchev–Trinajstić information content (AvgIpc) is 2.75. The van der Waals surface area contributed by atoms with E-state index < -0.39 is 11.8 Å². The Labute approximate surface area is 196 Å². The number of halogens is 2. The van der Waals surface area contributed by atoms with Crippen LogP contribution in [0.3, 0.4) is 0 Å². The second-order valence-electron chi connectivity index (χ2n) is 6.93. The monoisotopic (exact) mass is 469 g/mol. The number of nitrogens with zero attached hydrogens (tertiary/aromatic N) is 1. The molecule has 2 amide bonds. The number of nitrogens with one attached hydrogen (secondary N) is 2. The molecule has 0 atom stereocenters. The zero-order valence-electron chi connectivity index (χ0n) is 17.3. The maximum atomic E-state index is 12.0. The van der Waals surface area contributed by atoms with Crippen LogP contribution in [0.4, 0.5) is 5.69 Å². The number of hydrazone groups is 1. The molecule has 3 rings (SSSR count). The van der Waals surface area contributed by atoms with Gasteiger partial charge in [-0.15, -0.1) is 0 Å². The maximum Gasteiger partial charge on any atom is 0.249 e. The lowest BCUT2D eigenvalue weighted by atomic mass is 10.2. The first-order valence-corrected chi connectivity index (χ1v) is 10.5. The van der Waals surface area contributed by atoms with E-state index in [2.05, 4.69) is 15.8 Å². The zero-order chi connectivity index (χ0) is 22.9. The van der Waals surface area contributed by atoms with Crippen molar-refractivity contribution in [1.29, 1.82) is 0 Å². The molecule has 0 aliphatic rings. The third kappa shape index (κ3) is 7.11. The highest BCUT2D eigenvalue weighted by atomic mass is 35.5. The van der Waals surface area contributed by atoms with Gasteiger partial charge < -0.3 is 10.1 Å². The van der Waals surface area contributed by atoms with E-state index in [1.165, 1.54) is 6.21 Å². The van der Waals surface area contributed by atoms with E-state index in [1.807, 2.05) is 31.2 Å².